The molecular formula is C14H18N2O2S2. The fourth-order valence-electron chi connectivity index (χ4n) is 1.48. The number of fused-ring (bicyclic) bond motifs is 1. The first-order valence-electron chi connectivity index (χ1n) is 6.36. The van der Waals surface area contributed by atoms with E-state index < -0.39 is 0 Å². The van der Waals surface area contributed by atoms with Crippen LogP contribution in [0.15, 0.2) is 28.6 Å². The zero-order chi connectivity index (χ0) is 14.6. The molecule has 0 bridgehead atoms. The topological polar surface area (TPSA) is 62.2 Å². The van der Waals surface area contributed by atoms with Crippen molar-refractivity contribution < 1.29 is 9.90 Å². The molecule has 6 heteroatoms. The van der Waals surface area contributed by atoms with Crippen molar-refractivity contribution >= 4 is 39.2 Å². The highest BCUT2D eigenvalue weighted by atomic mass is 32.2. The number of aliphatic hydroxyl groups is 1. The highest BCUT2D eigenvalue weighted by Crippen LogP contribution is 2.29. The van der Waals surface area contributed by atoms with Gasteiger partial charge in [0.2, 0.25) is 5.91 Å². The summed E-state index contributed by atoms with van der Waals surface area (Å²) in [6.07, 6.45) is 0. The Labute approximate surface area is 126 Å². The SMILES string of the molecule is CC(C)(CO)CNC(=O)CSc1nc2ccccc2s1. The van der Waals surface area contributed by atoms with Gasteiger partial charge in [0.05, 0.1) is 16.0 Å². The fraction of sp³-hybridized carbons (Fsp3) is 0.429. The van der Waals surface area contributed by atoms with Crippen LogP contribution in [0.2, 0.25) is 0 Å². The van der Waals surface area contributed by atoms with E-state index in [4.69, 9.17) is 5.11 Å². The van der Waals surface area contributed by atoms with Gasteiger partial charge >= 0.3 is 0 Å². The predicted octanol–water partition coefficient (Wildman–Crippen LogP) is 2.52. The van der Waals surface area contributed by atoms with Crippen LogP contribution in [0.3, 0.4) is 0 Å². The Kier molecular flexibility index (Phi) is 5.01. The van der Waals surface area contributed by atoms with Crippen molar-refractivity contribution in [3.63, 3.8) is 0 Å². The first-order valence-corrected chi connectivity index (χ1v) is 8.16. The summed E-state index contributed by atoms with van der Waals surface area (Å²) in [4.78, 5) is 16.2. The third kappa shape index (κ3) is 4.19. The molecule has 2 rings (SSSR count). The molecule has 108 valence electrons. The Morgan fingerprint density at radius 2 is 2.20 bits per heavy atom. The molecule has 0 aliphatic rings. The molecule has 0 atom stereocenters. The average molecular weight is 310 g/mol. The third-order valence-electron chi connectivity index (χ3n) is 2.79. The quantitative estimate of drug-likeness (QED) is 0.805. The van der Waals surface area contributed by atoms with E-state index in [1.165, 1.54) is 11.8 Å². The Hall–Kier alpha value is -1.11. The molecule has 2 N–H and O–H groups in total. The van der Waals surface area contributed by atoms with Gasteiger partial charge in [-0.15, -0.1) is 11.3 Å². The van der Waals surface area contributed by atoms with Crippen LogP contribution in [0.1, 0.15) is 13.8 Å². The monoisotopic (exact) mass is 310 g/mol. The maximum Gasteiger partial charge on any atom is 0.230 e. The van der Waals surface area contributed by atoms with E-state index in [1.807, 2.05) is 38.1 Å². The first kappa shape index (κ1) is 15.3. The summed E-state index contributed by atoms with van der Waals surface area (Å²) in [5.41, 5.74) is 0.692. The van der Waals surface area contributed by atoms with Gasteiger partial charge in [0.15, 0.2) is 4.34 Å². The highest BCUT2D eigenvalue weighted by molar-refractivity contribution is 8.01. The summed E-state index contributed by atoms with van der Waals surface area (Å²) in [5.74, 6) is 0.317. The van der Waals surface area contributed by atoms with Gasteiger partial charge < -0.3 is 10.4 Å². The van der Waals surface area contributed by atoms with Crippen LogP contribution in [0, 0.1) is 5.41 Å². The van der Waals surface area contributed by atoms with E-state index >= 15 is 0 Å². The number of nitrogens with one attached hydrogen (secondary N) is 1. The summed E-state index contributed by atoms with van der Waals surface area (Å²) >= 11 is 3.04. The number of thioether (sulfide) groups is 1. The van der Waals surface area contributed by atoms with Gasteiger partial charge in [-0.25, -0.2) is 4.98 Å². The highest BCUT2D eigenvalue weighted by Gasteiger charge is 2.17. The van der Waals surface area contributed by atoms with E-state index in [2.05, 4.69) is 10.3 Å². The van der Waals surface area contributed by atoms with Crippen molar-refractivity contribution in [2.75, 3.05) is 18.9 Å². The predicted molar refractivity (Wildman–Crippen MR) is 84.2 cm³/mol. The molecule has 1 heterocycles. The number of aliphatic hydroxyl groups excluding tert-OH is 1. The number of aromatic nitrogens is 1. The van der Waals surface area contributed by atoms with Crippen LogP contribution in [0.4, 0.5) is 0 Å². The van der Waals surface area contributed by atoms with Gasteiger partial charge in [-0.1, -0.05) is 37.7 Å². The van der Waals surface area contributed by atoms with E-state index in [0.29, 0.717) is 12.3 Å². The standard InChI is InChI=1S/C14H18N2O2S2/c1-14(2,9-17)8-15-12(18)7-19-13-16-10-5-3-4-6-11(10)20-13/h3-6,17H,7-9H2,1-2H3,(H,15,18). The molecule has 1 aromatic carbocycles. The molecule has 0 aliphatic carbocycles. The van der Waals surface area contributed by atoms with Crippen LogP contribution in [0.5, 0.6) is 0 Å². The molecule has 0 spiro atoms. The number of benzene rings is 1. The minimum Gasteiger partial charge on any atom is -0.396 e. The van der Waals surface area contributed by atoms with Crippen molar-refractivity contribution in [2.24, 2.45) is 5.41 Å². The average Bonchev–Trinajstić information content (AvgIpc) is 2.86. The summed E-state index contributed by atoms with van der Waals surface area (Å²) in [5, 5.41) is 12.0. The summed E-state index contributed by atoms with van der Waals surface area (Å²) in [6, 6.07) is 7.94. The normalized spacial score (nSPS) is 11.8. The molecule has 0 fully saturated rings. The lowest BCUT2D eigenvalue weighted by molar-refractivity contribution is -0.119. The number of rotatable bonds is 6. The number of carbonyl (C=O) groups excluding carboxylic acids is 1. The molecule has 0 unspecified atom stereocenters. The van der Waals surface area contributed by atoms with Crippen LogP contribution in [-0.4, -0.2) is 34.9 Å². The Morgan fingerprint density at radius 1 is 1.45 bits per heavy atom. The minimum atomic E-state index is -0.282. The zero-order valence-corrected chi connectivity index (χ0v) is 13.2. The molecule has 0 aliphatic heterocycles. The maximum atomic E-state index is 11.8. The maximum absolute atomic E-state index is 11.8. The van der Waals surface area contributed by atoms with Gasteiger partial charge in [-0.2, -0.15) is 0 Å². The lowest BCUT2D eigenvalue weighted by Gasteiger charge is -2.21. The second-order valence-corrected chi connectivity index (χ2v) is 7.59. The smallest absolute Gasteiger partial charge is 0.230 e. The molecule has 0 radical (unpaired) electrons. The minimum absolute atomic E-state index is 0.0317. The second-order valence-electron chi connectivity index (χ2n) is 5.34. The summed E-state index contributed by atoms with van der Waals surface area (Å²) in [7, 11) is 0. The Balaban J connectivity index is 1.84. The lowest BCUT2D eigenvalue weighted by Crippen LogP contribution is -2.36. The number of amides is 1. The van der Waals surface area contributed by atoms with Gasteiger partial charge in [0.25, 0.3) is 0 Å². The van der Waals surface area contributed by atoms with Crippen molar-refractivity contribution in [2.45, 2.75) is 18.2 Å². The van der Waals surface area contributed by atoms with Crippen LogP contribution < -0.4 is 5.32 Å². The molecule has 1 aromatic heterocycles. The summed E-state index contributed by atoms with van der Waals surface area (Å²) in [6.45, 7) is 4.35. The third-order valence-corrected chi connectivity index (χ3v) is 4.97. The Bertz CT molecular complexity index is 563. The zero-order valence-electron chi connectivity index (χ0n) is 11.5. The fourth-order valence-corrected chi connectivity index (χ4v) is 3.38. The van der Waals surface area contributed by atoms with E-state index in [9.17, 15) is 4.79 Å². The lowest BCUT2D eigenvalue weighted by atomic mass is 9.95. The van der Waals surface area contributed by atoms with Crippen molar-refractivity contribution in [1.29, 1.82) is 0 Å². The largest absolute Gasteiger partial charge is 0.396 e. The first-order chi connectivity index (χ1) is 9.50. The number of carbonyl (C=O) groups is 1. The van der Waals surface area contributed by atoms with Crippen molar-refractivity contribution in [1.82, 2.24) is 10.3 Å². The van der Waals surface area contributed by atoms with Crippen molar-refractivity contribution in [3.8, 4) is 0 Å². The molecule has 20 heavy (non-hydrogen) atoms. The van der Waals surface area contributed by atoms with Gasteiger partial charge in [-0.3, -0.25) is 4.79 Å². The number of nitrogens with zero attached hydrogens (tertiary/aromatic N) is 1. The number of hydrogen-bond acceptors (Lipinski definition) is 5. The van der Waals surface area contributed by atoms with E-state index in [-0.39, 0.29) is 17.9 Å². The van der Waals surface area contributed by atoms with Crippen LogP contribution in [-0.2, 0) is 4.79 Å². The molecule has 0 saturated carbocycles. The second kappa shape index (κ2) is 6.56. The van der Waals surface area contributed by atoms with Gasteiger partial charge in [-0.05, 0) is 12.1 Å². The molecule has 4 nitrogen and oxygen atoms in total. The number of thiazole rings is 1. The molecular weight excluding hydrogens is 292 g/mol. The number of para-hydroxylation sites is 1. The Morgan fingerprint density at radius 3 is 2.90 bits per heavy atom. The van der Waals surface area contributed by atoms with Crippen molar-refractivity contribution in [3.05, 3.63) is 24.3 Å². The van der Waals surface area contributed by atoms with Gasteiger partial charge in [0, 0.05) is 18.6 Å². The summed E-state index contributed by atoms with van der Waals surface area (Å²) < 4.78 is 2.04. The van der Waals surface area contributed by atoms with E-state index in [0.717, 1.165) is 14.6 Å². The van der Waals surface area contributed by atoms with E-state index in [1.54, 1.807) is 11.3 Å². The molecule has 1 amide bonds. The number of hydrogen-bond donors (Lipinski definition) is 2. The molecule has 0 saturated heterocycles. The van der Waals surface area contributed by atoms with Crippen LogP contribution in [0.25, 0.3) is 10.2 Å². The molecule has 2 aromatic rings. The van der Waals surface area contributed by atoms with Gasteiger partial charge in [0.1, 0.15) is 0 Å². The van der Waals surface area contributed by atoms with Crippen LogP contribution >= 0.6 is 23.1 Å².